The molecular formula is C10H20. The van der Waals surface area contributed by atoms with Gasteiger partial charge in [0.05, 0.1) is 0 Å². The van der Waals surface area contributed by atoms with Crippen molar-refractivity contribution in [2.45, 2.75) is 40.5 Å². The molecule has 60 valence electrons. The molecule has 1 rings (SSSR count). The van der Waals surface area contributed by atoms with Crippen molar-refractivity contribution in [1.82, 2.24) is 0 Å². The van der Waals surface area contributed by atoms with Crippen molar-refractivity contribution < 1.29 is 0 Å². The third-order valence-electron chi connectivity index (χ3n) is 2.06. The highest BCUT2D eigenvalue weighted by Crippen LogP contribution is 2.33. The number of allylic oxidation sites excluding steroid dienone is 1. The molecule has 0 aliphatic heterocycles. The molecule has 0 bridgehead atoms. The summed E-state index contributed by atoms with van der Waals surface area (Å²) in [6.45, 7) is 12.6. The fraction of sp³-hybridized carbons (Fsp3) is 0.800. The van der Waals surface area contributed by atoms with E-state index in [2.05, 4.69) is 20.4 Å². The van der Waals surface area contributed by atoms with Gasteiger partial charge in [0, 0.05) is 0 Å². The van der Waals surface area contributed by atoms with E-state index >= 15 is 0 Å². The van der Waals surface area contributed by atoms with Gasteiger partial charge in [0.25, 0.3) is 0 Å². The largest absolute Gasteiger partial charge is 0.0996 e. The molecule has 10 heavy (non-hydrogen) atoms. The van der Waals surface area contributed by atoms with Gasteiger partial charge in [0.1, 0.15) is 0 Å². The second-order valence-electron chi connectivity index (χ2n) is 3.10. The van der Waals surface area contributed by atoms with E-state index < -0.39 is 0 Å². The minimum Gasteiger partial charge on any atom is -0.0996 e. The molecule has 1 saturated carbocycles. The summed E-state index contributed by atoms with van der Waals surface area (Å²) in [5.41, 5.74) is 1.46. The maximum Gasteiger partial charge on any atom is -0.0232 e. The topological polar surface area (TPSA) is 0 Å². The van der Waals surface area contributed by atoms with Crippen LogP contribution in [0.3, 0.4) is 0 Å². The van der Waals surface area contributed by atoms with E-state index in [1.807, 2.05) is 13.8 Å². The molecule has 0 N–H and O–H groups in total. The Labute approximate surface area is 65.3 Å². The molecule has 1 aliphatic carbocycles. The first-order valence-corrected chi connectivity index (χ1v) is 4.38. The van der Waals surface area contributed by atoms with E-state index in [1.165, 1.54) is 18.4 Å². The lowest BCUT2D eigenvalue weighted by Crippen LogP contribution is -1.86. The first-order valence-electron chi connectivity index (χ1n) is 4.38. The molecule has 0 spiro atoms. The minimum atomic E-state index is 0.796. The number of hydrogen-bond acceptors (Lipinski definition) is 0. The molecule has 0 saturated heterocycles. The van der Waals surface area contributed by atoms with E-state index in [1.54, 1.807) is 0 Å². The van der Waals surface area contributed by atoms with Crippen LogP contribution in [0.4, 0.5) is 0 Å². The smallest absolute Gasteiger partial charge is 0.0232 e. The van der Waals surface area contributed by atoms with Gasteiger partial charge in [-0.1, -0.05) is 39.8 Å². The van der Waals surface area contributed by atoms with Gasteiger partial charge in [0.2, 0.25) is 0 Å². The normalized spacial score (nSPS) is 31.4. The van der Waals surface area contributed by atoms with Gasteiger partial charge in [-0.15, -0.1) is 0 Å². The maximum absolute atomic E-state index is 3.99. The van der Waals surface area contributed by atoms with Gasteiger partial charge in [-0.25, -0.2) is 0 Å². The van der Waals surface area contributed by atoms with Crippen molar-refractivity contribution >= 4 is 0 Å². The molecule has 0 radical (unpaired) electrons. The predicted octanol–water partition coefficient (Wildman–Crippen LogP) is 3.63. The zero-order valence-corrected chi connectivity index (χ0v) is 7.78. The Bertz CT molecular complexity index is 103. The zero-order valence-electron chi connectivity index (χ0n) is 7.78. The number of hydrogen-bond donors (Lipinski definition) is 0. The van der Waals surface area contributed by atoms with Crippen molar-refractivity contribution in [3.8, 4) is 0 Å². The van der Waals surface area contributed by atoms with Gasteiger partial charge in [-0.2, -0.15) is 0 Å². The first kappa shape index (κ1) is 9.74. The summed E-state index contributed by atoms with van der Waals surface area (Å²) in [6, 6.07) is 0. The molecule has 1 aliphatic rings. The summed E-state index contributed by atoms with van der Waals surface area (Å²) in [7, 11) is 0. The second kappa shape index (κ2) is 4.54. The van der Waals surface area contributed by atoms with Crippen molar-refractivity contribution in [2.75, 3.05) is 0 Å². The van der Waals surface area contributed by atoms with E-state index in [0.29, 0.717) is 0 Å². The van der Waals surface area contributed by atoms with Crippen LogP contribution in [0.1, 0.15) is 40.5 Å². The van der Waals surface area contributed by atoms with Gasteiger partial charge >= 0.3 is 0 Å². The van der Waals surface area contributed by atoms with E-state index in [0.717, 1.165) is 11.8 Å². The monoisotopic (exact) mass is 140 g/mol. The van der Waals surface area contributed by atoms with Crippen molar-refractivity contribution in [1.29, 1.82) is 0 Å². The summed E-state index contributed by atoms with van der Waals surface area (Å²) in [4.78, 5) is 0. The van der Waals surface area contributed by atoms with Crippen LogP contribution in [-0.4, -0.2) is 0 Å². The lowest BCUT2D eigenvalue weighted by molar-refractivity contribution is 0.563. The van der Waals surface area contributed by atoms with E-state index in [4.69, 9.17) is 0 Å². The van der Waals surface area contributed by atoms with Crippen molar-refractivity contribution in [3.63, 3.8) is 0 Å². The Hall–Kier alpha value is -0.260. The molecule has 0 aromatic rings. The zero-order chi connectivity index (χ0) is 8.15. The average molecular weight is 140 g/mol. The Morgan fingerprint density at radius 1 is 1.30 bits per heavy atom. The molecule has 0 aromatic heterocycles. The fourth-order valence-corrected chi connectivity index (χ4v) is 1.50. The Morgan fingerprint density at radius 3 is 1.90 bits per heavy atom. The molecule has 0 heterocycles. The molecule has 1 fully saturated rings. The van der Waals surface area contributed by atoms with Crippen LogP contribution in [-0.2, 0) is 0 Å². The summed E-state index contributed by atoms with van der Waals surface area (Å²) in [6.07, 6.45) is 2.62. The quantitative estimate of drug-likeness (QED) is 0.451. The third-order valence-corrected chi connectivity index (χ3v) is 2.06. The summed E-state index contributed by atoms with van der Waals surface area (Å²) in [5.74, 6) is 1.70. The van der Waals surface area contributed by atoms with Crippen LogP contribution >= 0.6 is 0 Å². The van der Waals surface area contributed by atoms with Gasteiger partial charge < -0.3 is 0 Å². The summed E-state index contributed by atoms with van der Waals surface area (Å²) in [5, 5.41) is 0. The highest BCUT2D eigenvalue weighted by atomic mass is 14.3. The van der Waals surface area contributed by atoms with E-state index in [9.17, 15) is 0 Å². The molecule has 0 aromatic carbocycles. The molecule has 2 atom stereocenters. The minimum absolute atomic E-state index is 0.796. The lowest BCUT2D eigenvalue weighted by Gasteiger charge is -1.98. The van der Waals surface area contributed by atoms with Gasteiger partial charge in [-0.05, 0) is 24.7 Å². The molecular weight excluding hydrogens is 120 g/mol. The van der Waals surface area contributed by atoms with Crippen molar-refractivity contribution in [3.05, 3.63) is 12.2 Å². The van der Waals surface area contributed by atoms with Gasteiger partial charge in [0.15, 0.2) is 0 Å². The maximum atomic E-state index is 3.99. The molecule has 0 nitrogen and oxygen atoms in total. The molecule has 0 amide bonds. The van der Waals surface area contributed by atoms with Crippen LogP contribution in [0.15, 0.2) is 12.2 Å². The van der Waals surface area contributed by atoms with Gasteiger partial charge in [-0.3, -0.25) is 0 Å². The van der Waals surface area contributed by atoms with E-state index in [-0.39, 0.29) is 0 Å². The predicted molar refractivity (Wildman–Crippen MR) is 48.1 cm³/mol. The second-order valence-corrected chi connectivity index (χ2v) is 3.10. The SMILES string of the molecule is C=C1CC(C)CC1C.CC. The number of rotatable bonds is 0. The fourth-order valence-electron chi connectivity index (χ4n) is 1.50. The Kier molecular flexibility index (Phi) is 4.42. The van der Waals surface area contributed by atoms with Crippen LogP contribution < -0.4 is 0 Å². The highest BCUT2D eigenvalue weighted by Gasteiger charge is 2.20. The van der Waals surface area contributed by atoms with Crippen molar-refractivity contribution in [2.24, 2.45) is 11.8 Å². The van der Waals surface area contributed by atoms with Crippen LogP contribution in [0.2, 0.25) is 0 Å². The standard InChI is InChI=1S/C8H14.C2H6/c1-6-4-7(2)8(3)5-6;1-2/h6,8H,2,4-5H2,1,3H3;1-2H3. The Balaban J connectivity index is 0.000000371. The first-order chi connectivity index (χ1) is 4.70. The molecule has 0 heteroatoms. The van der Waals surface area contributed by atoms with Crippen LogP contribution in [0.25, 0.3) is 0 Å². The van der Waals surface area contributed by atoms with Crippen LogP contribution in [0.5, 0.6) is 0 Å². The third kappa shape index (κ3) is 2.55. The highest BCUT2D eigenvalue weighted by molar-refractivity contribution is 5.05. The lowest BCUT2D eigenvalue weighted by atomic mass is 10.1. The molecule has 2 unspecified atom stereocenters. The summed E-state index contributed by atoms with van der Waals surface area (Å²) < 4.78 is 0. The summed E-state index contributed by atoms with van der Waals surface area (Å²) >= 11 is 0. The Morgan fingerprint density at radius 2 is 1.80 bits per heavy atom. The average Bonchev–Trinajstić information content (AvgIpc) is 2.16. The van der Waals surface area contributed by atoms with Crippen LogP contribution in [0, 0.1) is 11.8 Å².